The molecule has 1 amide bonds. The number of rotatable bonds is 8. The smallest absolute Gasteiger partial charge is 0.244 e. The first-order chi connectivity index (χ1) is 14.4. The van der Waals surface area contributed by atoms with Gasteiger partial charge in [0.2, 0.25) is 5.91 Å². The molecule has 0 unspecified atom stereocenters. The maximum atomic E-state index is 12.3. The fourth-order valence-corrected chi connectivity index (χ4v) is 3.77. The number of carbonyl (C=O) groups is 1. The Morgan fingerprint density at radius 1 is 1.13 bits per heavy atom. The van der Waals surface area contributed by atoms with E-state index in [9.17, 15) is 4.79 Å². The van der Waals surface area contributed by atoms with Gasteiger partial charge in [0.25, 0.3) is 0 Å². The molecule has 0 spiro atoms. The molecule has 3 aromatic rings. The third-order valence-corrected chi connectivity index (χ3v) is 5.42. The Bertz CT molecular complexity index is 1080. The molecular weight excluding hydrogens is 374 g/mol. The average molecular weight is 406 g/mol. The third kappa shape index (κ3) is 4.76. The van der Waals surface area contributed by atoms with Gasteiger partial charge in [0, 0.05) is 35.2 Å². The van der Waals surface area contributed by atoms with E-state index in [4.69, 9.17) is 9.15 Å². The largest absolute Gasteiger partial charge is 0.496 e. The topological polar surface area (TPSA) is 51.5 Å². The summed E-state index contributed by atoms with van der Waals surface area (Å²) in [6.45, 7) is 8.99. The van der Waals surface area contributed by atoms with Gasteiger partial charge in [0.05, 0.1) is 13.4 Å². The number of unbranched alkanes of at least 4 members (excludes halogenated alkanes) is 2. The zero-order chi connectivity index (χ0) is 21.7. The van der Waals surface area contributed by atoms with Crippen LogP contribution in [0.25, 0.3) is 27.7 Å². The monoisotopic (exact) mass is 405 g/mol. The highest BCUT2D eigenvalue weighted by Gasteiger charge is 2.16. The minimum absolute atomic E-state index is 0.0763. The summed E-state index contributed by atoms with van der Waals surface area (Å²) < 4.78 is 11.4. The fraction of sp³-hybridized carbons (Fsp3) is 0.346. The van der Waals surface area contributed by atoms with Crippen molar-refractivity contribution in [1.29, 1.82) is 0 Å². The average Bonchev–Trinajstić information content (AvgIpc) is 3.13. The van der Waals surface area contributed by atoms with Crippen LogP contribution in [0.5, 0.6) is 5.75 Å². The van der Waals surface area contributed by atoms with Gasteiger partial charge in [0.1, 0.15) is 11.3 Å². The van der Waals surface area contributed by atoms with Crippen LogP contribution in [-0.2, 0) is 4.79 Å². The first-order valence-electron chi connectivity index (χ1n) is 10.6. The predicted octanol–water partition coefficient (Wildman–Crippen LogP) is 6.43. The first kappa shape index (κ1) is 21.7. The molecule has 0 saturated carbocycles. The molecule has 1 aromatic heterocycles. The first-order valence-corrected chi connectivity index (χ1v) is 10.6. The van der Waals surface area contributed by atoms with Gasteiger partial charge in [-0.1, -0.05) is 43.5 Å². The van der Waals surface area contributed by atoms with Crippen LogP contribution in [0, 0.1) is 13.8 Å². The Morgan fingerprint density at radius 3 is 2.63 bits per heavy atom. The number of carbonyl (C=O) groups excluding carboxylic acids is 1. The number of amides is 1. The van der Waals surface area contributed by atoms with Crippen LogP contribution in [0.4, 0.5) is 0 Å². The number of benzene rings is 2. The summed E-state index contributed by atoms with van der Waals surface area (Å²) in [6.07, 6.45) is 6.70. The lowest BCUT2D eigenvalue weighted by Gasteiger charge is -2.11. The fourth-order valence-electron chi connectivity index (χ4n) is 3.77. The van der Waals surface area contributed by atoms with Crippen LogP contribution >= 0.6 is 0 Å². The molecule has 0 atom stereocenters. The number of fused-ring (bicyclic) bond motifs is 1. The molecular formula is C26H31NO3. The van der Waals surface area contributed by atoms with E-state index in [-0.39, 0.29) is 5.91 Å². The Hall–Kier alpha value is -3.01. The van der Waals surface area contributed by atoms with Crippen LogP contribution in [0.3, 0.4) is 0 Å². The van der Waals surface area contributed by atoms with E-state index < -0.39 is 0 Å². The van der Waals surface area contributed by atoms with Gasteiger partial charge in [-0.3, -0.25) is 4.79 Å². The van der Waals surface area contributed by atoms with Gasteiger partial charge < -0.3 is 14.5 Å². The molecule has 0 aliphatic carbocycles. The Labute approximate surface area is 178 Å². The lowest BCUT2D eigenvalue weighted by molar-refractivity contribution is -0.116. The van der Waals surface area contributed by atoms with Crippen LogP contribution in [0.2, 0.25) is 0 Å². The number of ether oxygens (including phenoxy) is 1. The molecule has 0 aliphatic rings. The molecule has 1 heterocycles. The minimum atomic E-state index is -0.0763. The third-order valence-electron chi connectivity index (χ3n) is 5.42. The molecule has 0 saturated heterocycles. The summed E-state index contributed by atoms with van der Waals surface area (Å²) in [4.78, 5) is 12.3. The van der Waals surface area contributed by atoms with E-state index in [1.165, 1.54) is 11.1 Å². The van der Waals surface area contributed by atoms with Crippen LogP contribution in [-0.4, -0.2) is 19.6 Å². The molecule has 0 radical (unpaired) electrons. The molecule has 0 fully saturated rings. The van der Waals surface area contributed by atoms with E-state index in [2.05, 4.69) is 50.4 Å². The lowest BCUT2D eigenvalue weighted by Crippen LogP contribution is -2.22. The zero-order valence-electron chi connectivity index (χ0n) is 18.6. The Kier molecular flexibility index (Phi) is 6.99. The number of methoxy groups -OCH3 is 1. The van der Waals surface area contributed by atoms with Crippen LogP contribution in [0.15, 0.2) is 47.1 Å². The van der Waals surface area contributed by atoms with Crippen molar-refractivity contribution in [3.63, 3.8) is 0 Å². The van der Waals surface area contributed by atoms with Gasteiger partial charge in [0.15, 0.2) is 0 Å². The normalized spacial score (nSPS) is 11.7. The molecule has 1 N–H and O–H groups in total. The van der Waals surface area contributed by atoms with Crippen molar-refractivity contribution in [3.05, 3.63) is 59.4 Å². The summed E-state index contributed by atoms with van der Waals surface area (Å²) >= 11 is 0. The molecule has 0 aliphatic heterocycles. The summed E-state index contributed by atoms with van der Waals surface area (Å²) in [5, 5.41) is 3.97. The highest BCUT2D eigenvalue weighted by molar-refractivity contribution is 6.00. The lowest BCUT2D eigenvalue weighted by atomic mass is 9.96. The molecule has 30 heavy (non-hydrogen) atoms. The van der Waals surface area contributed by atoms with Crippen LogP contribution in [0.1, 0.15) is 49.8 Å². The van der Waals surface area contributed by atoms with Crippen molar-refractivity contribution in [2.45, 2.75) is 47.0 Å². The number of furan rings is 1. The summed E-state index contributed by atoms with van der Waals surface area (Å²) in [5.41, 5.74) is 7.14. The van der Waals surface area contributed by atoms with E-state index >= 15 is 0 Å². The standard InChI is InChI=1S/C26H31NO3/c1-6-7-8-11-27-26(28)13-19(4)21-14-22-23(16-30-25(22)15-24(21)29-5)20-10-9-17(2)12-18(20)3/h9-10,12-16H,6-8,11H2,1-5H3,(H,27,28)/b19-13+. The highest BCUT2D eigenvalue weighted by Crippen LogP contribution is 2.38. The minimum Gasteiger partial charge on any atom is -0.496 e. The summed E-state index contributed by atoms with van der Waals surface area (Å²) in [7, 11) is 1.64. The summed E-state index contributed by atoms with van der Waals surface area (Å²) in [6, 6.07) is 10.4. The van der Waals surface area contributed by atoms with Crippen molar-refractivity contribution < 1.29 is 13.9 Å². The second-order valence-corrected chi connectivity index (χ2v) is 7.84. The summed E-state index contributed by atoms with van der Waals surface area (Å²) in [5.74, 6) is 0.615. The van der Waals surface area contributed by atoms with E-state index in [1.807, 2.05) is 13.0 Å². The number of hydrogen-bond donors (Lipinski definition) is 1. The number of allylic oxidation sites excluding steroid dienone is 1. The second kappa shape index (κ2) is 9.66. The van der Waals surface area contributed by atoms with Gasteiger partial charge in [-0.2, -0.15) is 0 Å². The van der Waals surface area contributed by atoms with Gasteiger partial charge in [-0.15, -0.1) is 0 Å². The van der Waals surface area contributed by atoms with Crippen molar-refractivity contribution in [2.24, 2.45) is 0 Å². The number of aryl methyl sites for hydroxylation is 2. The van der Waals surface area contributed by atoms with Crippen molar-refractivity contribution in [3.8, 4) is 16.9 Å². The van der Waals surface area contributed by atoms with Crippen molar-refractivity contribution in [1.82, 2.24) is 5.32 Å². The highest BCUT2D eigenvalue weighted by atomic mass is 16.5. The maximum Gasteiger partial charge on any atom is 0.244 e. The molecule has 4 heteroatoms. The quantitative estimate of drug-likeness (QED) is 0.347. The van der Waals surface area contributed by atoms with Gasteiger partial charge in [-0.05, 0) is 50.0 Å². The zero-order valence-corrected chi connectivity index (χ0v) is 18.6. The van der Waals surface area contributed by atoms with Crippen LogP contribution < -0.4 is 10.1 Å². The Morgan fingerprint density at radius 2 is 1.93 bits per heavy atom. The molecule has 3 rings (SSSR count). The second-order valence-electron chi connectivity index (χ2n) is 7.84. The van der Waals surface area contributed by atoms with Gasteiger partial charge in [-0.25, -0.2) is 0 Å². The predicted molar refractivity (Wildman–Crippen MR) is 124 cm³/mol. The maximum absolute atomic E-state index is 12.3. The SMILES string of the molecule is CCCCCNC(=O)/C=C(\C)c1cc2c(-c3ccc(C)cc3C)coc2cc1OC. The van der Waals surface area contributed by atoms with E-state index in [0.29, 0.717) is 12.3 Å². The van der Waals surface area contributed by atoms with E-state index in [0.717, 1.165) is 52.5 Å². The van der Waals surface area contributed by atoms with Crippen molar-refractivity contribution in [2.75, 3.05) is 13.7 Å². The Balaban J connectivity index is 1.98. The van der Waals surface area contributed by atoms with Crippen molar-refractivity contribution >= 4 is 22.4 Å². The molecule has 158 valence electrons. The molecule has 2 aromatic carbocycles. The van der Waals surface area contributed by atoms with Gasteiger partial charge >= 0.3 is 0 Å². The van der Waals surface area contributed by atoms with E-state index in [1.54, 1.807) is 19.4 Å². The molecule has 4 nitrogen and oxygen atoms in total. The molecule has 0 bridgehead atoms. The number of nitrogens with one attached hydrogen (secondary N) is 1. The number of hydrogen-bond acceptors (Lipinski definition) is 3.